The van der Waals surface area contributed by atoms with Crippen molar-refractivity contribution in [2.24, 2.45) is 0 Å². The van der Waals surface area contributed by atoms with Crippen LogP contribution in [0.2, 0.25) is 5.02 Å². The molecule has 0 aliphatic carbocycles. The van der Waals surface area contributed by atoms with Crippen LogP contribution in [0.25, 0.3) is 0 Å². The molecule has 7 nitrogen and oxygen atoms in total. The minimum absolute atomic E-state index is 0.0354. The van der Waals surface area contributed by atoms with Gasteiger partial charge >= 0.3 is 0 Å². The van der Waals surface area contributed by atoms with Crippen molar-refractivity contribution in [1.82, 2.24) is 15.2 Å². The molecule has 0 bridgehead atoms. The molecule has 0 radical (unpaired) electrons. The Morgan fingerprint density at radius 2 is 2.25 bits per heavy atom. The second-order valence-electron chi connectivity index (χ2n) is 4.41. The van der Waals surface area contributed by atoms with Gasteiger partial charge in [-0.3, -0.25) is 14.7 Å². The van der Waals surface area contributed by atoms with E-state index in [2.05, 4.69) is 25.8 Å². The van der Waals surface area contributed by atoms with E-state index in [9.17, 15) is 9.59 Å². The van der Waals surface area contributed by atoms with E-state index >= 15 is 0 Å². The molecule has 2 aromatic rings. The smallest absolute Gasteiger partial charge is 0.295 e. The van der Waals surface area contributed by atoms with Gasteiger partial charge < -0.3 is 10.6 Å². The van der Waals surface area contributed by atoms with E-state index in [4.69, 9.17) is 11.6 Å². The summed E-state index contributed by atoms with van der Waals surface area (Å²) >= 11 is 6.08. The summed E-state index contributed by atoms with van der Waals surface area (Å²) in [5, 5.41) is 12.0. The molecule has 2 amide bonds. The third-order valence-corrected chi connectivity index (χ3v) is 3.18. The number of carbonyl (C=O) groups is 2. The molecule has 102 valence electrons. The van der Waals surface area contributed by atoms with Crippen LogP contribution in [0.3, 0.4) is 0 Å². The van der Waals surface area contributed by atoms with E-state index < -0.39 is 5.91 Å². The number of hydrogen-bond acceptors (Lipinski definition) is 4. The number of hydrogen-bond donors (Lipinski definition) is 3. The fraction of sp³-hybridized carbons (Fsp3) is 0.167. The minimum Gasteiger partial charge on any atom is -0.325 e. The van der Waals surface area contributed by atoms with Gasteiger partial charge in [0.15, 0.2) is 0 Å². The van der Waals surface area contributed by atoms with Crippen LogP contribution < -0.4 is 10.6 Å². The molecule has 1 aliphatic rings. The van der Waals surface area contributed by atoms with Crippen molar-refractivity contribution in [3.63, 3.8) is 0 Å². The average Bonchev–Trinajstić information content (AvgIpc) is 2.95. The van der Waals surface area contributed by atoms with Gasteiger partial charge in [0.1, 0.15) is 5.82 Å². The number of aryl methyl sites for hydroxylation is 1. The maximum absolute atomic E-state index is 11.9. The van der Waals surface area contributed by atoms with E-state index in [1.165, 1.54) is 0 Å². The van der Waals surface area contributed by atoms with Gasteiger partial charge in [0, 0.05) is 5.69 Å². The first-order valence-corrected chi connectivity index (χ1v) is 6.23. The highest BCUT2D eigenvalue weighted by atomic mass is 35.5. The van der Waals surface area contributed by atoms with Crippen LogP contribution in [0, 0.1) is 6.92 Å². The Morgan fingerprint density at radius 3 is 2.95 bits per heavy atom. The van der Waals surface area contributed by atoms with Gasteiger partial charge in [-0.05, 0) is 24.6 Å². The number of aromatic amines is 1. The van der Waals surface area contributed by atoms with Crippen LogP contribution in [0.1, 0.15) is 22.0 Å². The molecule has 1 aromatic carbocycles. The molecule has 2 heterocycles. The standard InChI is InChI=1S/C12H10ClN5O2/c1-5-14-11(18-17-5)12(20)16-9-2-6-3-10(19)15-8(6)4-7(9)13/h2,4H,3H2,1H3,(H,15,19)(H,16,20)(H,14,17,18). The summed E-state index contributed by atoms with van der Waals surface area (Å²) in [4.78, 5) is 27.2. The lowest BCUT2D eigenvalue weighted by molar-refractivity contribution is -0.115. The summed E-state index contributed by atoms with van der Waals surface area (Å²) in [6, 6.07) is 3.29. The molecule has 0 atom stereocenters. The van der Waals surface area contributed by atoms with Crippen molar-refractivity contribution in [3.8, 4) is 0 Å². The molecule has 0 saturated carbocycles. The van der Waals surface area contributed by atoms with Crippen LogP contribution in [-0.2, 0) is 11.2 Å². The number of benzene rings is 1. The number of anilines is 2. The predicted molar refractivity (Wildman–Crippen MR) is 72.9 cm³/mol. The van der Waals surface area contributed by atoms with Crippen LogP contribution in [0.15, 0.2) is 12.1 Å². The lowest BCUT2D eigenvalue weighted by atomic mass is 10.1. The van der Waals surface area contributed by atoms with Crippen LogP contribution in [-0.4, -0.2) is 27.0 Å². The maximum atomic E-state index is 11.9. The zero-order valence-corrected chi connectivity index (χ0v) is 11.2. The van der Waals surface area contributed by atoms with Gasteiger partial charge in [0.05, 0.1) is 17.1 Å². The first-order valence-electron chi connectivity index (χ1n) is 5.85. The number of carbonyl (C=O) groups excluding carboxylic acids is 2. The number of fused-ring (bicyclic) bond motifs is 1. The van der Waals surface area contributed by atoms with Gasteiger partial charge in [-0.25, -0.2) is 4.98 Å². The second kappa shape index (κ2) is 4.61. The Labute approximate surface area is 118 Å². The fourth-order valence-electron chi connectivity index (χ4n) is 1.97. The largest absolute Gasteiger partial charge is 0.325 e. The molecular formula is C12H10ClN5O2. The van der Waals surface area contributed by atoms with Crippen LogP contribution >= 0.6 is 11.6 Å². The van der Waals surface area contributed by atoms with Gasteiger partial charge in [0.2, 0.25) is 11.7 Å². The molecule has 3 N–H and O–H groups in total. The average molecular weight is 292 g/mol. The third-order valence-electron chi connectivity index (χ3n) is 2.87. The number of H-pyrrole nitrogens is 1. The lowest BCUT2D eigenvalue weighted by Gasteiger charge is -2.07. The Hall–Kier alpha value is -2.41. The molecule has 20 heavy (non-hydrogen) atoms. The number of halogens is 1. The summed E-state index contributed by atoms with van der Waals surface area (Å²) in [5.74, 6) is 0.0240. The third kappa shape index (κ3) is 2.23. The quantitative estimate of drug-likeness (QED) is 0.781. The molecule has 0 unspecified atom stereocenters. The first-order chi connectivity index (χ1) is 9.52. The lowest BCUT2D eigenvalue weighted by Crippen LogP contribution is -2.14. The van der Waals surface area contributed by atoms with Crippen molar-refractivity contribution in [1.29, 1.82) is 0 Å². The van der Waals surface area contributed by atoms with E-state index in [-0.39, 0.29) is 18.2 Å². The second-order valence-corrected chi connectivity index (χ2v) is 4.82. The van der Waals surface area contributed by atoms with E-state index in [1.54, 1.807) is 19.1 Å². The molecule has 8 heteroatoms. The number of nitrogens with zero attached hydrogens (tertiary/aromatic N) is 2. The predicted octanol–water partition coefficient (Wildman–Crippen LogP) is 1.51. The number of aromatic nitrogens is 3. The van der Waals surface area contributed by atoms with E-state index in [1.807, 2.05) is 0 Å². The number of rotatable bonds is 2. The van der Waals surface area contributed by atoms with E-state index in [0.717, 1.165) is 5.56 Å². The van der Waals surface area contributed by atoms with Gasteiger partial charge in [0.25, 0.3) is 5.91 Å². The number of amides is 2. The SMILES string of the molecule is Cc1nc(C(=O)Nc2cc3c(cc2Cl)NC(=O)C3)n[nH]1. The van der Waals surface area contributed by atoms with Gasteiger partial charge in [-0.15, -0.1) is 5.10 Å². The summed E-state index contributed by atoms with van der Waals surface area (Å²) in [7, 11) is 0. The molecule has 1 aromatic heterocycles. The summed E-state index contributed by atoms with van der Waals surface area (Å²) in [5.41, 5.74) is 1.89. The normalized spacial score (nSPS) is 13.0. The topological polar surface area (TPSA) is 99.8 Å². The molecule has 3 rings (SSSR count). The highest BCUT2D eigenvalue weighted by Gasteiger charge is 2.21. The summed E-state index contributed by atoms with van der Waals surface area (Å²) in [6.07, 6.45) is 0.273. The molecule has 0 fully saturated rings. The van der Waals surface area contributed by atoms with Crippen molar-refractivity contribution >= 4 is 34.8 Å². The zero-order chi connectivity index (χ0) is 14.3. The monoisotopic (exact) mass is 291 g/mol. The Bertz CT molecular complexity index is 725. The van der Waals surface area contributed by atoms with Crippen molar-refractivity contribution in [2.75, 3.05) is 10.6 Å². The Kier molecular flexibility index (Phi) is 2.90. The highest BCUT2D eigenvalue weighted by Crippen LogP contribution is 2.32. The maximum Gasteiger partial charge on any atom is 0.295 e. The van der Waals surface area contributed by atoms with E-state index in [0.29, 0.717) is 22.2 Å². The molecule has 0 saturated heterocycles. The number of nitrogens with one attached hydrogen (secondary N) is 3. The molecular weight excluding hydrogens is 282 g/mol. The van der Waals surface area contributed by atoms with Crippen LogP contribution in [0.4, 0.5) is 11.4 Å². The Balaban J connectivity index is 1.86. The molecule has 0 spiro atoms. The summed E-state index contributed by atoms with van der Waals surface area (Å²) in [6.45, 7) is 1.70. The van der Waals surface area contributed by atoms with Gasteiger partial charge in [-0.2, -0.15) is 0 Å². The zero-order valence-electron chi connectivity index (χ0n) is 10.5. The van der Waals surface area contributed by atoms with Crippen molar-refractivity contribution < 1.29 is 9.59 Å². The fourth-order valence-corrected chi connectivity index (χ4v) is 2.18. The van der Waals surface area contributed by atoms with Crippen molar-refractivity contribution in [2.45, 2.75) is 13.3 Å². The first kappa shape index (κ1) is 12.6. The minimum atomic E-state index is -0.464. The Morgan fingerprint density at radius 1 is 1.45 bits per heavy atom. The van der Waals surface area contributed by atoms with Crippen LogP contribution in [0.5, 0.6) is 0 Å². The van der Waals surface area contributed by atoms with Gasteiger partial charge in [-0.1, -0.05) is 11.6 Å². The highest BCUT2D eigenvalue weighted by molar-refractivity contribution is 6.34. The molecule has 1 aliphatic heterocycles. The summed E-state index contributed by atoms with van der Waals surface area (Å²) < 4.78 is 0. The van der Waals surface area contributed by atoms with Crippen molar-refractivity contribution in [3.05, 3.63) is 34.4 Å².